The Kier molecular flexibility index (Phi) is 3.68. The van der Waals surface area contributed by atoms with Crippen LogP contribution in [0.25, 0.3) is 0 Å². The number of amides is 1. The second-order valence-electron chi connectivity index (χ2n) is 4.39. The molecule has 3 nitrogen and oxygen atoms in total. The van der Waals surface area contributed by atoms with Gasteiger partial charge in [-0.15, -0.1) is 0 Å². The molecule has 0 bridgehead atoms. The van der Waals surface area contributed by atoms with Gasteiger partial charge in [-0.1, -0.05) is 24.3 Å². The first-order chi connectivity index (χ1) is 7.44. The molecular formula is C13H16N2O. The fourth-order valence-electron chi connectivity index (χ4n) is 1.40. The molecule has 0 aliphatic rings. The van der Waals surface area contributed by atoms with Crippen molar-refractivity contribution in [3.63, 3.8) is 0 Å². The lowest BCUT2D eigenvalue weighted by Crippen LogP contribution is -2.42. The van der Waals surface area contributed by atoms with Crippen LogP contribution in [0.15, 0.2) is 24.3 Å². The van der Waals surface area contributed by atoms with Crippen molar-refractivity contribution in [2.45, 2.75) is 32.7 Å². The zero-order valence-corrected chi connectivity index (χ0v) is 9.87. The Hall–Kier alpha value is -1.82. The predicted molar refractivity (Wildman–Crippen MR) is 62.7 cm³/mol. The van der Waals surface area contributed by atoms with E-state index in [0.717, 1.165) is 11.1 Å². The topological polar surface area (TPSA) is 52.9 Å². The van der Waals surface area contributed by atoms with Gasteiger partial charge in [-0.05, 0) is 31.9 Å². The van der Waals surface area contributed by atoms with E-state index in [4.69, 9.17) is 5.26 Å². The van der Waals surface area contributed by atoms with Gasteiger partial charge in [0.2, 0.25) is 5.91 Å². The summed E-state index contributed by atoms with van der Waals surface area (Å²) in [6, 6.07) is 9.78. The number of nitrogens with zero attached hydrogens (tertiary/aromatic N) is 1. The van der Waals surface area contributed by atoms with E-state index in [1.165, 1.54) is 0 Å². The summed E-state index contributed by atoms with van der Waals surface area (Å²) in [6.45, 7) is 5.34. The van der Waals surface area contributed by atoms with Crippen LogP contribution in [0.2, 0.25) is 0 Å². The molecule has 0 saturated carbocycles. The van der Waals surface area contributed by atoms with Crippen LogP contribution in [0.5, 0.6) is 0 Å². The fraction of sp³-hybridized carbons (Fsp3) is 0.385. The number of hydrogen-bond acceptors (Lipinski definition) is 2. The molecule has 0 aromatic heterocycles. The average Bonchev–Trinajstić information content (AvgIpc) is 2.21. The molecule has 0 aliphatic heterocycles. The highest BCUT2D eigenvalue weighted by Crippen LogP contribution is 2.08. The summed E-state index contributed by atoms with van der Waals surface area (Å²) in [6.07, 6.45) is 0.317. The molecule has 0 aliphatic carbocycles. The first-order valence-corrected chi connectivity index (χ1v) is 5.21. The smallest absolute Gasteiger partial charge is 0.225 e. The molecule has 0 heterocycles. The number of carbonyl (C=O) groups is 1. The third-order valence-corrected chi connectivity index (χ3v) is 2.34. The van der Waals surface area contributed by atoms with Crippen LogP contribution >= 0.6 is 0 Å². The molecule has 3 heteroatoms. The largest absolute Gasteiger partial charge is 0.338 e. The molecule has 0 saturated heterocycles. The van der Waals surface area contributed by atoms with Crippen LogP contribution in [0.1, 0.15) is 25.0 Å². The van der Waals surface area contributed by atoms with E-state index in [0.29, 0.717) is 6.42 Å². The van der Waals surface area contributed by atoms with E-state index in [9.17, 15) is 4.79 Å². The summed E-state index contributed by atoms with van der Waals surface area (Å²) in [5, 5.41) is 11.5. The Bertz CT molecular complexity index is 430. The summed E-state index contributed by atoms with van der Waals surface area (Å²) in [4.78, 5) is 11.7. The lowest BCUT2D eigenvalue weighted by atomic mass is 10.0. The second kappa shape index (κ2) is 4.80. The zero-order valence-electron chi connectivity index (χ0n) is 9.87. The number of rotatable bonds is 3. The molecule has 0 radical (unpaired) electrons. The van der Waals surface area contributed by atoms with E-state index >= 15 is 0 Å². The molecule has 1 amide bonds. The highest BCUT2D eigenvalue weighted by Gasteiger charge is 2.19. The number of benzene rings is 1. The first-order valence-electron chi connectivity index (χ1n) is 5.21. The van der Waals surface area contributed by atoms with E-state index in [1.54, 1.807) is 13.8 Å². The van der Waals surface area contributed by atoms with Crippen molar-refractivity contribution in [2.24, 2.45) is 0 Å². The molecule has 1 N–H and O–H groups in total. The molecule has 0 spiro atoms. The lowest BCUT2D eigenvalue weighted by molar-refractivity contribution is -0.121. The molecular weight excluding hydrogens is 200 g/mol. The van der Waals surface area contributed by atoms with Crippen molar-refractivity contribution in [1.82, 2.24) is 5.32 Å². The van der Waals surface area contributed by atoms with Crippen LogP contribution in [-0.2, 0) is 11.2 Å². The Morgan fingerprint density at radius 2 is 2.06 bits per heavy atom. The van der Waals surface area contributed by atoms with Crippen LogP contribution in [0, 0.1) is 18.3 Å². The van der Waals surface area contributed by atoms with Gasteiger partial charge in [0, 0.05) is 0 Å². The SMILES string of the molecule is Cc1ccccc1CC(=O)NC(C)(C)C#N. The van der Waals surface area contributed by atoms with Gasteiger partial charge in [-0.3, -0.25) is 4.79 Å². The molecule has 0 atom stereocenters. The standard InChI is InChI=1S/C13H16N2O/c1-10-6-4-5-7-11(10)8-12(16)15-13(2,3)9-14/h4-7H,8H2,1-3H3,(H,15,16). The number of hydrogen-bond donors (Lipinski definition) is 1. The molecule has 0 fully saturated rings. The Balaban J connectivity index is 2.67. The van der Waals surface area contributed by atoms with E-state index < -0.39 is 5.54 Å². The maximum absolute atomic E-state index is 11.7. The maximum Gasteiger partial charge on any atom is 0.225 e. The van der Waals surface area contributed by atoms with Crippen molar-refractivity contribution < 1.29 is 4.79 Å². The van der Waals surface area contributed by atoms with Crippen LogP contribution in [-0.4, -0.2) is 11.4 Å². The average molecular weight is 216 g/mol. The minimum absolute atomic E-state index is 0.124. The normalized spacial score (nSPS) is 10.6. The summed E-state index contributed by atoms with van der Waals surface area (Å²) in [5.41, 5.74) is 1.28. The minimum Gasteiger partial charge on any atom is -0.338 e. The van der Waals surface area contributed by atoms with Crippen molar-refractivity contribution in [3.05, 3.63) is 35.4 Å². The fourth-order valence-corrected chi connectivity index (χ4v) is 1.40. The summed E-state index contributed by atoms with van der Waals surface area (Å²) in [7, 11) is 0. The second-order valence-corrected chi connectivity index (χ2v) is 4.39. The van der Waals surface area contributed by atoms with E-state index in [2.05, 4.69) is 5.32 Å². The third-order valence-electron chi connectivity index (χ3n) is 2.34. The van der Waals surface area contributed by atoms with Crippen LogP contribution < -0.4 is 5.32 Å². The molecule has 1 rings (SSSR count). The van der Waals surface area contributed by atoms with Crippen molar-refractivity contribution in [2.75, 3.05) is 0 Å². The monoisotopic (exact) mass is 216 g/mol. The van der Waals surface area contributed by atoms with Gasteiger partial charge in [-0.25, -0.2) is 0 Å². The van der Waals surface area contributed by atoms with Gasteiger partial charge >= 0.3 is 0 Å². The highest BCUT2D eigenvalue weighted by atomic mass is 16.1. The number of nitriles is 1. The van der Waals surface area contributed by atoms with Crippen molar-refractivity contribution in [1.29, 1.82) is 5.26 Å². The number of nitrogens with one attached hydrogen (secondary N) is 1. The zero-order chi connectivity index (χ0) is 12.2. The molecule has 1 aromatic carbocycles. The summed E-state index contributed by atoms with van der Waals surface area (Å²) in [5.74, 6) is -0.124. The number of aryl methyl sites for hydroxylation is 1. The van der Waals surface area contributed by atoms with Crippen molar-refractivity contribution >= 4 is 5.91 Å². The molecule has 0 unspecified atom stereocenters. The molecule has 1 aromatic rings. The highest BCUT2D eigenvalue weighted by molar-refractivity contribution is 5.80. The quantitative estimate of drug-likeness (QED) is 0.839. The maximum atomic E-state index is 11.7. The van der Waals surface area contributed by atoms with Gasteiger partial charge in [0.25, 0.3) is 0 Å². The summed E-state index contributed by atoms with van der Waals surface area (Å²) >= 11 is 0. The Labute approximate surface area is 96.1 Å². The van der Waals surface area contributed by atoms with Gasteiger partial charge in [0.05, 0.1) is 12.5 Å². The Morgan fingerprint density at radius 3 is 2.62 bits per heavy atom. The first kappa shape index (κ1) is 12.3. The minimum atomic E-state index is -0.806. The van der Waals surface area contributed by atoms with Gasteiger partial charge in [0.1, 0.15) is 5.54 Å². The lowest BCUT2D eigenvalue weighted by Gasteiger charge is -2.17. The van der Waals surface area contributed by atoms with E-state index in [-0.39, 0.29) is 5.91 Å². The van der Waals surface area contributed by atoms with Gasteiger partial charge < -0.3 is 5.32 Å². The van der Waals surface area contributed by atoms with Crippen LogP contribution in [0.4, 0.5) is 0 Å². The number of carbonyl (C=O) groups excluding carboxylic acids is 1. The van der Waals surface area contributed by atoms with E-state index in [1.807, 2.05) is 37.3 Å². The predicted octanol–water partition coefficient (Wildman–Crippen LogP) is 1.96. The van der Waals surface area contributed by atoms with Gasteiger partial charge in [-0.2, -0.15) is 5.26 Å². The third kappa shape index (κ3) is 3.39. The van der Waals surface area contributed by atoms with Gasteiger partial charge in [0.15, 0.2) is 0 Å². The van der Waals surface area contributed by atoms with Crippen LogP contribution in [0.3, 0.4) is 0 Å². The molecule has 84 valence electrons. The van der Waals surface area contributed by atoms with Crippen molar-refractivity contribution in [3.8, 4) is 6.07 Å². The molecule has 16 heavy (non-hydrogen) atoms. The Morgan fingerprint density at radius 1 is 1.44 bits per heavy atom. The summed E-state index contributed by atoms with van der Waals surface area (Å²) < 4.78 is 0.